The van der Waals surface area contributed by atoms with Crippen LogP contribution in [0.15, 0.2) is 34.7 Å². The van der Waals surface area contributed by atoms with Gasteiger partial charge in [0.15, 0.2) is 0 Å². The van der Waals surface area contributed by atoms with Gasteiger partial charge in [-0.2, -0.15) is 0 Å². The van der Waals surface area contributed by atoms with Crippen molar-refractivity contribution in [1.29, 1.82) is 0 Å². The Morgan fingerprint density at radius 3 is 2.32 bits per heavy atom. The molecule has 116 valence electrons. The van der Waals surface area contributed by atoms with Crippen molar-refractivity contribution in [1.82, 2.24) is 10.9 Å². The molecule has 1 aromatic heterocycles. The number of amides is 2. The smallest absolute Gasteiger partial charge is 0.273 e. The van der Waals surface area contributed by atoms with Crippen molar-refractivity contribution >= 4 is 11.8 Å². The number of hydrogen-bond donors (Lipinski definition) is 2. The molecule has 2 rings (SSSR count). The Kier molecular flexibility index (Phi) is 4.83. The van der Waals surface area contributed by atoms with Crippen molar-refractivity contribution in [2.24, 2.45) is 0 Å². The molecule has 2 amide bonds. The van der Waals surface area contributed by atoms with E-state index in [-0.39, 0.29) is 0 Å². The molecule has 2 N–H and O–H groups in total. The monoisotopic (exact) mass is 302 g/mol. The van der Waals surface area contributed by atoms with Gasteiger partial charge < -0.3 is 9.15 Å². The summed E-state index contributed by atoms with van der Waals surface area (Å²) in [6, 6.07) is 8.44. The van der Waals surface area contributed by atoms with Crippen LogP contribution in [0.2, 0.25) is 0 Å². The predicted molar refractivity (Wildman–Crippen MR) is 80.7 cm³/mol. The SMILES string of the molecule is CCOc1ccccc1C(=O)NNC(=O)c1cc(C)oc1C. The van der Waals surface area contributed by atoms with Crippen molar-refractivity contribution < 1.29 is 18.7 Å². The van der Waals surface area contributed by atoms with Crippen LogP contribution in [-0.2, 0) is 0 Å². The maximum Gasteiger partial charge on any atom is 0.273 e. The number of carbonyl (C=O) groups excluding carboxylic acids is 2. The van der Waals surface area contributed by atoms with Crippen molar-refractivity contribution in [2.75, 3.05) is 6.61 Å². The number of hydrazine groups is 1. The average Bonchev–Trinajstić information content (AvgIpc) is 2.84. The van der Waals surface area contributed by atoms with Crippen LogP contribution in [0.3, 0.4) is 0 Å². The van der Waals surface area contributed by atoms with Gasteiger partial charge in [-0.1, -0.05) is 12.1 Å². The van der Waals surface area contributed by atoms with E-state index >= 15 is 0 Å². The molecule has 2 aromatic rings. The van der Waals surface area contributed by atoms with Crippen LogP contribution in [0, 0.1) is 13.8 Å². The first-order valence-electron chi connectivity index (χ1n) is 6.92. The highest BCUT2D eigenvalue weighted by atomic mass is 16.5. The Hall–Kier alpha value is -2.76. The number of ether oxygens (including phenoxy) is 1. The topological polar surface area (TPSA) is 80.6 Å². The van der Waals surface area contributed by atoms with Gasteiger partial charge in [0.25, 0.3) is 11.8 Å². The van der Waals surface area contributed by atoms with Crippen molar-refractivity contribution in [3.8, 4) is 5.75 Å². The number of para-hydroxylation sites is 1. The van der Waals surface area contributed by atoms with E-state index < -0.39 is 11.8 Å². The van der Waals surface area contributed by atoms with Gasteiger partial charge in [-0.25, -0.2) is 0 Å². The quantitative estimate of drug-likeness (QED) is 0.850. The zero-order chi connectivity index (χ0) is 16.1. The molecule has 0 spiro atoms. The molecule has 1 heterocycles. The minimum Gasteiger partial charge on any atom is -0.493 e. The van der Waals surface area contributed by atoms with Gasteiger partial charge in [-0.05, 0) is 39.0 Å². The number of nitrogens with one attached hydrogen (secondary N) is 2. The molecule has 0 radical (unpaired) electrons. The van der Waals surface area contributed by atoms with E-state index in [4.69, 9.17) is 9.15 Å². The lowest BCUT2D eigenvalue weighted by Gasteiger charge is -2.11. The van der Waals surface area contributed by atoms with Gasteiger partial charge in [0.1, 0.15) is 17.3 Å². The van der Waals surface area contributed by atoms with Crippen molar-refractivity contribution in [3.05, 3.63) is 53.0 Å². The lowest BCUT2D eigenvalue weighted by atomic mass is 10.2. The van der Waals surface area contributed by atoms with Gasteiger partial charge >= 0.3 is 0 Å². The summed E-state index contributed by atoms with van der Waals surface area (Å²) in [6.45, 7) is 5.72. The normalized spacial score (nSPS) is 10.1. The second-order valence-corrected chi connectivity index (χ2v) is 4.66. The molecule has 0 aliphatic heterocycles. The largest absolute Gasteiger partial charge is 0.493 e. The van der Waals surface area contributed by atoms with E-state index in [0.717, 1.165) is 0 Å². The van der Waals surface area contributed by atoms with Crippen LogP contribution >= 0.6 is 0 Å². The van der Waals surface area contributed by atoms with Gasteiger partial charge in [-0.15, -0.1) is 0 Å². The Bertz CT molecular complexity index is 691. The summed E-state index contributed by atoms with van der Waals surface area (Å²) >= 11 is 0. The predicted octanol–water partition coefficient (Wildman–Crippen LogP) is 2.37. The molecule has 1 aromatic carbocycles. The molecule has 0 bridgehead atoms. The molecule has 0 aliphatic rings. The number of aryl methyl sites for hydroxylation is 2. The minimum absolute atomic E-state index is 0.352. The maximum atomic E-state index is 12.1. The van der Waals surface area contributed by atoms with Crippen LogP contribution in [-0.4, -0.2) is 18.4 Å². The third kappa shape index (κ3) is 3.46. The van der Waals surface area contributed by atoms with Gasteiger partial charge in [0.05, 0.1) is 17.7 Å². The Labute approximate surface area is 128 Å². The van der Waals surface area contributed by atoms with E-state index in [0.29, 0.717) is 35.0 Å². The highest BCUT2D eigenvalue weighted by Gasteiger charge is 2.16. The first-order chi connectivity index (χ1) is 10.5. The summed E-state index contributed by atoms with van der Waals surface area (Å²) in [7, 11) is 0. The number of hydrogen-bond acceptors (Lipinski definition) is 4. The molecule has 0 aliphatic carbocycles. The van der Waals surface area contributed by atoms with Crippen molar-refractivity contribution in [3.63, 3.8) is 0 Å². The van der Waals surface area contributed by atoms with E-state index in [1.54, 1.807) is 44.2 Å². The molecule has 6 nitrogen and oxygen atoms in total. The van der Waals surface area contributed by atoms with E-state index in [9.17, 15) is 9.59 Å². The summed E-state index contributed by atoms with van der Waals surface area (Å²) in [6.07, 6.45) is 0. The van der Waals surface area contributed by atoms with Gasteiger partial charge in [0, 0.05) is 0 Å². The first kappa shape index (κ1) is 15.6. The van der Waals surface area contributed by atoms with Crippen LogP contribution in [0.4, 0.5) is 0 Å². The summed E-state index contributed by atoms with van der Waals surface area (Å²) < 4.78 is 10.7. The fraction of sp³-hybridized carbons (Fsp3) is 0.250. The lowest BCUT2D eigenvalue weighted by molar-refractivity contribution is 0.0843. The van der Waals surface area contributed by atoms with Crippen LogP contribution < -0.4 is 15.6 Å². The zero-order valence-corrected chi connectivity index (χ0v) is 12.7. The minimum atomic E-state index is -0.449. The number of carbonyl (C=O) groups is 2. The molecule has 0 saturated carbocycles. The number of furan rings is 1. The van der Waals surface area contributed by atoms with Crippen LogP contribution in [0.25, 0.3) is 0 Å². The molecule has 0 unspecified atom stereocenters. The average molecular weight is 302 g/mol. The fourth-order valence-electron chi connectivity index (χ4n) is 2.04. The highest BCUT2D eigenvalue weighted by Crippen LogP contribution is 2.17. The van der Waals surface area contributed by atoms with E-state index in [1.165, 1.54) is 0 Å². The molecular weight excluding hydrogens is 284 g/mol. The maximum absolute atomic E-state index is 12.1. The molecule has 0 fully saturated rings. The molecule has 0 saturated heterocycles. The lowest BCUT2D eigenvalue weighted by Crippen LogP contribution is -2.41. The Morgan fingerprint density at radius 1 is 1.09 bits per heavy atom. The fourth-order valence-corrected chi connectivity index (χ4v) is 2.04. The molecule has 22 heavy (non-hydrogen) atoms. The van der Waals surface area contributed by atoms with Gasteiger partial charge in [-0.3, -0.25) is 20.4 Å². The standard InChI is InChI=1S/C16H18N2O4/c1-4-21-14-8-6-5-7-12(14)15(19)17-18-16(20)13-9-10(2)22-11(13)3/h5-9H,4H2,1-3H3,(H,17,19)(H,18,20). The van der Waals surface area contributed by atoms with Gasteiger partial charge in [0.2, 0.25) is 0 Å². The summed E-state index contributed by atoms with van der Waals surface area (Å²) in [4.78, 5) is 24.1. The molecular formula is C16H18N2O4. The Morgan fingerprint density at radius 2 is 1.73 bits per heavy atom. The van der Waals surface area contributed by atoms with E-state index in [1.807, 2.05) is 6.92 Å². The molecule has 0 atom stereocenters. The van der Waals surface area contributed by atoms with Crippen molar-refractivity contribution in [2.45, 2.75) is 20.8 Å². The summed E-state index contributed by atoms with van der Waals surface area (Å²) in [5.74, 6) is 0.716. The second-order valence-electron chi connectivity index (χ2n) is 4.66. The Balaban J connectivity index is 2.04. The zero-order valence-electron chi connectivity index (χ0n) is 12.7. The second kappa shape index (κ2) is 6.80. The summed E-state index contributed by atoms with van der Waals surface area (Å²) in [5, 5.41) is 0. The summed E-state index contributed by atoms with van der Waals surface area (Å²) in [5.41, 5.74) is 5.48. The molecule has 6 heteroatoms. The highest BCUT2D eigenvalue weighted by molar-refractivity contribution is 6.00. The third-order valence-corrected chi connectivity index (χ3v) is 3.01. The number of rotatable bonds is 4. The van der Waals surface area contributed by atoms with E-state index in [2.05, 4.69) is 10.9 Å². The van der Waals surface area contributed by atoms with Crippen LogP contribution in [0.5, 0.6) is 5.75 Å². The number of benzene rings is 1. The van der Waals surface area contributed by atoms with Crippen LogP contribution in [0.1, 0.15) is 39.2 Å². The third-order valence-electron chi connectivity index (χ3n) is 3.01. The first-order valence-corrected chi connectivity index (χ1v) is 6.92.